The van der Waals surface area contributed by atoms with E-state index in [9.17, 15) is 9.59 Å². The zero-order valence-corrected chi connectivity index (χ0v) is 10.4. The summed E-state index contributed by atoms with van der Waals surface area (Å²) in [5, 5.41) is 0. The van der Waals surface area contributed by atoms with Gasteiger partial charge in [-0.2, -0.15) is 0 Å². The van der Waals surface area contributed by atoms with E-state index < -0.39 is 6.10 Å². The topological polar surface area (TPSA) is 49.9 Å². The SMILES string of the molecule is COC(C)C(=O)N1CCCC1C(=O)N(C)C. The van der Waals surface area contributed by atoms with Crippen LogP contribution in [0.2, 0.25) is 0 Å². The Balaban J connectivity index is 2.73. The van der Waals surface area contributed by atoms with Crippen LogP contribution in [-0.4, -0.2) is 61.5 Å². The molecule has 0 aromatic heterocycles. The van der Waals surface area contributed by atoms with E-state index in [-0.39, 0.29) is 17.9 Å². The van der Waals surface area contributed by atoms with Crippen LogP contribution >= 0.6 is 0 Å². The van der Waals surface area contributed by atoms with Gasteiger partial charge in [-0.05, 0) is 19.8 Å². The number of nitrogens with zero attached hydrogens (tertiary/aromatic N) is 2. The molecule has 1 aliphatic rings. The molecule has 1 heterocycles. The van der Waals surface area contributed by atoms with Gasteiger partial charge in [-0.25, -0.2) is 0 Å². The van der Waals surface area contributed by atoms with Crippen molar-refractivity contribution in [3.8, 4) is 0 Å². The second-order valence-electron chi connectivity index (χ2n) is 4.30. The van der Waals surface area contributed by atoms with E-state index in [2.05, 4.69) is 0 Å². The first-order valence-corrected chi connectivity index (χ1v) is 5.53. The predicted molar refractivity (Wildman–Crippen MR) is 59.9 cm³/mol. The van der Waals surface area contributed by atoms with E-state index in [1.54, 1.807) is 25.9 Å². The standard InChI is InChI=1S/C11H20N2O3/c1-8(16-4)10(14)13-7-5-6-9(13)11(15)12(2)3/h8-9H,5-7H2,1-4H3. The number of rotatable bonds is 3. The molecule has 0 aromatic rings. The van der Waals surface area contributed by atoms with E-state index >= 15 is 0 Å². The summed E-state index contributed by atoms with van der Waals surface area (Å²) in [6, 6.07) is -0.305. The van der Waals surface area contributed by atoms with E-state index in [0.29, 0.717) is 6.54 Å². The summed E-state index contributed by atoms with van der Waals surface area (Å²) in [6.45, 7) is 2.36. The van der Waals surface area contributed by atoms with Gasteiger partial charge in [0.1, 0.15) is 12.1 Å². The molecule has 0 N–H and O–H groups in total. The van der Waals surface area contributed by atoms with Gasteiger partial charge in [0, 0.05) is 27.7 Å². The first-order valence-electron chi connectivity index (χ1n) is 5.53. The Morgan fingerprint density at radius 1 is 1.44 bits per heavy atom. The first-order chi connectivity index (χ1) is 7.49. The molecule has 1 saturated heterocycles. The van der Waals surface area contributed by atoms with Gasteiger partial charge in [0.05, 0.1) is 0 Å². The molecule has 2 unspecified atom stereocenters. The maximum Gasteiger partial charge on any atom is 0.252 e. The van der Waals surface area contributed by atoms with Gasteiger partial charge in [0.25, 0.3) is 5.91 Å². The van der Waals surface area contributed by atoms with Crippen LogP contribution in [0.5, 0.6) is 0 Å². The Labute approximate surface area is 96.3 Å². The Hall–Kier alpha value is -1.10. The van der Waals surface area contributed by atoms with Gasteiger partial charge < -0.3 is 14.5 Å². The number of hydrogen-bond acceptors (Lipinski definition) is 3. The van der Waals surface area contributed by atoms with Crippen molar-refractivity contribution in [2.75, 3.05) is 27.7 Å². The number of methoxy groups -OCH3 is 1. The summed E-state index contributed by atoms with van der Waals surface area (Å²) < 4.78 is 5.00. The first kappa shape index (κ1) is 13.0. The Morgan fingerprint density at radius 3 is 2.56 bits per heavy atom. The van der Waals surface area contributed by atoms with Crippen LogP contribution in [0.1, 0.15) is 19.8 Å². The molecule has 0 bridgehead atoms. The average molecular weight is 228 g/mol. The Bertz CT molecular complexity index is 278. The average Bonchev–Trinajstić information content (AvgIpc) is 2.74. The fourth-order valence-electron chi connectivity index (χ4n) is 1.92. The summed E-state index contributed by atoms with van der Waals surface area (Å²) in [5.41, 5.74) is 0. The van der Waals surface area contributed by atoms with Crippen LogP contribution in [0.4, 0.5) is 0 Å². The van der Waals surface area contributed by atoms with Gasteiger partial charge in [-0.1, -0.05) is 0 Å². The third-order valence-electron chi connectivity index (χ3n) is 2.96. The van der Waals surface area contributed by atoms with E-state index in [0.717, 1.165) is 12.8 Å². The molecule has 5 nitrogen and oxygen atoms in total. The molecule has 92 valence electrons. The molecule has 0 spiro atoms. The lowest BCUT2D eigenvalue weighted by atomic mass is 10.2. The monoisotopic (exact) mass is 228 g/mol. The lowest BCUT2D eigenvalue weighted by molar-refractivity contribution is -0.148. The van der Waals surface area contributed by atoms with E-state index in [1.165, 1.54) is 12.0 Å². The molecule has 16 heavy (non-hydrogen) atoms. The summed E-state index contributed by atoms with van der Waals surface area (Å²) in [7, 11) is 4.92. The van der Waals surface area contributed by atoms with Crippen LogP contribution in [0.25, 0.3) is 0 Å². The number of ether oxygens (including phenoxy) is 1. The highest BCUT2D eigenvalue weighted by Crippen LogP contribution is 2.20. The normalized spacial score (nSPS) is 22.0. The smallest absolute Gasteiger partial charge is 0.252 e. The summed E-state index contributed by atoms with van der Waals surface area (Å²) in [6.07, 6.45) is 1.15. The van der Waals surface area contributed by atoms with Gasteiger partial charge in [-0.15, -0.1) is 0 Å². The van der Waals surface area contributed by atoms with Crippen LogP contribution < -0.4 is 0 Å². The molecule has 1 rings (SSSR count). The van der Waals surface area contributed by atoms with Crippen LogP contribution in [0.3, 0.4) is 0 Å². The van der Waals surface area contributed by atoms with Crippen molar-refractivity contribution >= 4 is 11.8 Å². The molecule has 0 aromatic carbocycles. The van der Waals surface area contributed by atoms with E-state index in [1.807, 2.05) is 0 Å². The van der Waals surface area contributed by atoms with Crippen molar-refractivity contribution in [1.29, 1.82) is 0 Å². The molecule has 1 aliphatic heterocycles. The van der Waals surface area contributed by atoms with E-state index in [4.69, 9.17) is 4.74 Å². The summed E-state index contributed by atoms with van der Waals surface area (Å²) in [4.78, 5) is 27.0. The number of amides is 2. The zero-order chi connectivity index (χ0) is 12.3. The van der Waals surface area contributed by atoms with Gasteiger partial charge >= 0.3 is 0 Å². The van der Waals surface area contributed by atoms with Crippen molar-refractivity contribution in [3.05, 3.63) is 0 Å². The van der Waals surface area contributed by atoms with Gasteiger partial charge in [-0.3, -0.25) is 9.59 Å². The molecular weight excluding hydrogens is 208 g/mol. The Morgan fingerprint density at radius 2 is 2.06 bits per heavy atom. The highest BCUT2D eigenvalue weighted by Gasteiger charge is 2.36. The molecule has 1 fully saturated rings. The number of likely N-dealkylation sites (N-methyl/N-ethyl adjacent to an activating group) is 1. The second kappa shape index (κ2) is 5.30. The predicted octanol–water partition coefficient (Wildman–Crippen LogP) is 0.100. The lowest BCUT2D eigenvalue weighted by Gasteiger charge is -2.27. The number of carbonyl (C=O) groups is 2. The molecule has 2 atom stereocenters. The van der Waals surface area contributed by atoms with Crippen molar-refractivity contribution < 1.29 is 14.3 Å². The van der Waals surface area contributed by atoms with Crippen molar-refractivity contribution in [1.82, 2.24) is 9.80 Å². The fraction of sp³-hybridized carbons (Fsp3) is 0.818. The molecular formula is C11H20N2O3. The fourth-order valence-corrected chi connectivity index (χ4v) is 1.92. The summed E-state index contributed by atoms with van der Waals surface area (Å²) >= 11 is 0. The highest BCUT2D eigenvalue weighted by molar-refractivity contribution is 5.89. The third kappa shape index (κ3) is 2.52. The second-order valence-corrected chi connectivity index (χ2v) is 4.30. The van der Waals surface area contributed by atoms with Gasteiger partial charge in [0.2, 0.25) is 5.91 Å². The number of likely N-dealkylation sites (tertiary alicyclic amines) is 1. The van der Waals surface area contributed by atoms with Crippen LogP contribution in [-0.2, 0) is 14.3 Å². The molecule has 0 aliphatic carbocycles. The number of carbonyl (C=O) groups excluding carboxylic acids is 2. The maximum absolute atomic E-state index is 11.9. The quantitative estimate of drug-likeness (QED) is 0.688. The Kier molecular flexibility index (Phi) is 4.29. The minimum absolute atomic E-state index is 0.00541. The van der Waals surface area contributed by atoms with Crippen molar-refractivity contribution in [3.63, 3.8) is 0 Å². The minimum Gasteiger partial charge on any atom is -0.372 e. The van der Waals surface area contributed by atoms with Crippen LogP contribution in [0.15, 0.2) is 0 Å². The molecule has 0 saturated carbocycles. The number of hydrogen-bond donors (Lipinski definition) is 0. The molecule has 5 heteroatoms. The minimum atomic E-state index is -0.476. The lowest BCUT2D eigenvalue weighted by Crippen LogP contribution is -2.48. The van der Waals surface area contributed by atoms with Crippen molar-refractivity contribution in [2.45, 2.75) is 31.9 Å². The maximum atomic E-state index is 11.9. The zero-order valence-electron chi connectivity index (χ0n) is 10.4. The van der Waals surface area contributed by atoms with Crippen LogP contribution in [0, 0.1) is 0 Å². The highest BCUT2D eigenvalue weighted by atomic mass is 16.5. The van der Waals surface area contributed by atoms with Crippen molar-refractivity contribution in [2.24, 2.45) is 0 Å². The largest absolute Gasteiger partial charge is 0.372 e. The molecule has 0 radical (unpaired) electrons. The molecule has 2 amide bonds. The third-order valence-corrected chi connectivity index (χ3v) is 2.96. The summed E-state index contributed by atoms with van der Waals surface area (Å²) in [5.74, 6) is -0.102. The van der Waals surface area contributed by atoms with Gasteiger partial charge in [0.15, 0.2) is 0 Å².